The molecule has 88 heavy (non-hydrogen) atoms. The van der Waals surface area contributed by atoms with E-state index in [1.54, 1.807) is 0 Å². The van der Waals surface area contributed by atoms with E-state index in [1.165, 1.54) is 172 Å². The van der Waals surface area contributed by atoms with E-state index >= 15 is 0 Å². The van der Waals surface area contributed by atoms with Gasteiger partial charge in [-0.15, -0.1) is 0 Å². The van der Waals surface area contributed by atoms with Crippen molar-refractivity contribution in [2.75, 3.05) is 9.80 Å². The molecule has 11 aromatic carbocycles. The monoisotopic (exact) mass is 1140 g/mol. The summed E-state index contributed by atoms with van der Waals surface area (Å²) in [5.74, 6) is 0. The summed E-state index contributed by atoms with van der Waals surface area (Å²) in [6.07, 6.45) is 0. The molecular formula is C84H76BN3. The van der Waals surface area contributed by atoms with Crippen molar-refractivity contribution in [2.24, 2.45) is 0 Å². The van der Waals surface area contributed by atoms with Gasteiger partial charge in [0.05, 0.1) is 22.4 Å². The van der Waals surface area contributed by atoms with Crippen molar-refractivity contribution in [3.63, 3.8) is 0 Å². The van der Waals surface area contributed by atoms with E-state index in [4.69, 9.17) is 0 Å². The van der Waals surface area contributed by atoms with Crippen LogP contribution < -0.4 is 26.2 Å². The first-order valence-electron chi connectivity index (χ1n) is 31.9. The molecule has 16 rings (SSSR count). The predicted molar refractivity (Wildman–Crippen MR) is 377 cm³/mol. The van der Waals surface area contributed by atoms with Crippen LogP contribution in [0.25, 0.3) is 72.0 Å². The third-order valence-corrected chi connectivity index (χ3v) is 20.9. The number of nitrogens with zero attached hydrogens (tertiary/aromatic N) is 3. The number of para-hydroxylation sites is 2. The minimum absolute atomic E-state index is 0.0781. The number of fused-ring (bicyclic) bond motifs is 13. The van der Waals surface area contributed by atoms with Crippen molar-refractivity contribution >= 4 is 79.0 Å². The molecule has 0 amide bonds. The first kappa shape index (κ1) is 54.3. The van der Waals surface area contributed by atoms with Gasteiger partial charge >= 0.3 is 0 Å². The quantitative estimate of drug-likeness (QED) is 0.159. The average Bonchev–Trinajstić information content (AvgIpc) is 0.808. The van der Waals surface area contributed by atoms with Crippen LogP contribution in [0, 0.1) is 27.7 Å². The second-order valence-electron chi connectivity index (χ2n) is 29.2. The van der Waals surface area contributed by atoms with Gasteiger partial charge in [-0.25, -0.2) is 0 Å². The van der Waals surface area contributed by atoms with Crippen LogP contribution in [0.1, 0.15) is 125 Å². The van der Waals surface area contributed by atoms with Crippen molar-refractivity contribution in [1.29, 1.82) is 0 Å². The molecule has 0 unspecified atom stereocenters. The summed E-state index contributed by atoms with van der Waals surface area (Å²) in [7, 11) is 0. The third kappa shape index (κ3) is 7.69. The maximum absolute atomic E-state index is 2.70. The smallest absolute Gasteiger partial charge is 0.252 e. The van der Waals surface area contributed by atoms with Gasteiger partial charge in [-0.1, -0.05) is 215 Å². The van der Waals surface area contributed by atoms with Crippen LogP contribution in [0.5, 0.6) is 0 Å². The molecule has 0 spiro atoms. The fraction of sp³-hybridized carbons (Fsp3) is 0.214. The van der Waals surface area contributed by atoms with Gasteiger partial charge in [0.1, 0.15) is 0 Å². The lowest BCUT2D eigenvalue weighted by Gasteiger charge is -2.46. The van der Waals surface area contributed by atoms with Crippen LogP contribution >= 0.6 is 0 Å². The second-order valence-corrected chi connectivity index (χ2v) is 29.2. The summed E-state index contributed by atoms with van der Waals surface area (Å²) in [6, 6.07) is 80.2. The van der Waals surface area contributed by atoms with Gasteiger partial charge in [-0.3, -0.25) is 0 Å². The number of rotatable bonds is 5. The fourth-order valence-electron chi connectivity index (χ4n) is 16.4. The summed E-state index contributed by atoms with van der Waals surface area (Å²) in [4.78, 5) is 5.34. The number of aromatic nitrogens is 1. The number of hydrogen-bond donors (Lipinski definition) is 0. The molecule has 2 aliphatic heterocycles. The SMILES string of the molecule is Cc1cc(-c2cccc3c2-c2ccccc2C3(C)C)cc(C)c1N1c2cc(C(C)(C)C)ccc2B2c3cc4c5ccccc5n(-c5c(C)cccc5C)c4cc3N(c3ccc(-c4ccc5c(c4)C(C)(C)c4ccccc4-5)cc3)c3cc(C(C)(C)C)cc1c32. The molecule has 4 aliphatic rings. The largest absolute Gasteiger partial charge is 0.311 e. The van der Waals surface area contributed by atoms with Gasteiger partial charge < -0.3 is 14.4 Å². The molecule has 0 bridgehead atoms. The Morgan fingerprint density at radius 1 is 0.352 bits per heavy atom. The highest BCUT2D eigenvalue weighted by Crippen LogP contribution is 2.55. The van der Waals surface area contributed by atoms with Crippen molar-refractivity contribution < 1.29 is 0 Å². The van der Waals surface area contributed by atoms with E-state index in [1.807, 2.05) is 0 Å². The van der Waals surface area contributed by atoms with E-state index in [9.17, 15) is 0 Å². The van der Waals surface area contributed by atoms with Gasteiger partial charge in [-0.2, -0.15) is 0 Å². The zero-order chi connectivity index (χ0) is 60.8. The van der Waals surface area contributed by atoms with E-state index in [-0.39, 0.29) is 28.4 Å². The Kier molecular flexibility index (Phi) is 11.5. The summed E-state index contributed by atoms with van der Waals surface area (Å²) < 4.78 is 2.56. The molecule has 0 saturated carbocycles. The van der Waals surface area contributed by atoms with Crippen LogP contribution in [-0.2, 0) is 21.7 Å². The molecule has 0 fully saturated rings. The zero-order valence-electron chi connectivity index (χ0n) is 53.5. The normalized spacial score (nSPS) is 14.8. The summed E-state index contributed by atoms with van der Waals surface area (Å²) >= 11 is 0. The van der Waals surface area contributed by atoms with E-state index in [2.05, 4.69) is 318 Å². The van der Waals surface area contributed by atoms with Crippen molar-refractivity contribution in [2.45, 2.75) is 119 Å². The molecule has 1 aromatic heterocycles. The Hall–Kier alpha value is -9.12. The number of anilines is 6. The molecule has 0 radical (unpaired) electrons. The molecule has 0 atom stereocenters. The van der Waals surface area contributed by atoms with Crippen molar-refractivity contribution in [3.8, 4) is 50.2 Å². The minimum Gasteiger partial charge on any atom is -0.311 e. The molecule has 430 valence electrons. The Labute approximate surface area is 521 Å². The molecule has 12 aromatic rings. The molecule has 0 N–H and O–H groups in total. The first-order chi connectivity index (χ1) is 42.1. The number of hydrogen-bond acceptors (Lipinski definition) is 2. The van der Waals surface area contributed by atoms with E-state index < -0.39 is 0 Å². The van der Waals surface area contributed by atoms with Crippen molar-refractivity contribution in [1.82, 2.24) is 4.57 Å². The highest BCUT2D eigenvalue weighted by atomic mass is 15.2. The molecule has 2 aliphatic carbocycles. The Balaban J connectivity index is 0.962. The molecule has 3 nitrogen and oxygen atoms in total. The lowest BCUT2D eigenvalue weighted by Crippen LogP contribution is -2.61. The molecule has 4 heteroatoms. The predicted octanol–water partition coefficient (Wildman–Crippen LogP) is 20.6. The Morgan fingerprint density at radius 2 is 0.909 bits per heavy atom. The Bertz CT molecular complexity index is 4950. The van der Waals surface area contributed by atoms with Crippen LogP contribution in [-0.4, -0.2) is 11.3 Å². The zero-order valence-corrected chi connectivity index (χ0v) is 53.5. The maximum atomic E-state index is 2.70. The minimum atomic E-state index is -0.193. The molecular weight excluding hydrogens is 1060 g/mol. The van der Waals surface area contributed by atoms with E-state index in [0.717, 1.165) is 5.69 Å². The molecule has 0 saturated heterocycles. The summed E-state index contributed by atoms with van der Waals surface area (Å²) in [5, 5.41) is 2.53. The van der Waals surface area contributed by atoms with Gasteiger partial charge in [0.15, 0.2) is 0 Å². The number of benzene rings is 11. The first-order valence-corrected chi connectivity index (χ1v) is 31.9. The van der Waals surface area contributed by atoms with Crippen LogP contribution in [0.2, 0.25) is 0 Å². The Morgan fingerprint density at radius 3 is 1.61 bits per heavy atom. The van der Waals surface area contributed by atoms with Gasteiger partial charge in [-0.05, 0) is 216 Å². The van der Waals surface area contributed by atoms with Crippen LogP contribution in [0.15, 0.2) is 206 Å². The van der Waals surface area contributed by atoms with Gasteiger partial charge in [0.2, 0.25) is 0 Å². The fourth-order valence-corrected chi connectivity index (χ4v) is 16.4. The topological polar surface area (TPSA) is 11.4 Å². The lowest BCUT2D eigenvalue weighted by molar-refractivity contribution is 0.590. The van der Waals surface area contributed by atoms with Gasteiger partial charge in [0, 0.05) is 50.0 Å². The standard InChI is InChI=1S/C84H76BN3/c1-49-23-21-24-50(2)79(49)87-71-32-20-17-26-62(71)64-47-70-74(48-72(64)87)86(58-37-33-53(34-38-58)54-35-39-61-60-25-15-18-29-65(60)84(13,14)68(61)43-54)75-45-57(82(8,9)10)46-76-78(75)85(70)69-40-36-56(81(5,6)7)44-73(69)88(76)80-51(3)41-55(42-52(80)4)59-28-22-31-67-77(59)63-27-16-19-30-66(63)83(67,11)12/h15-48H,1-14H3. The summed E-state index contributed by atoms with van der Waals surface area (Å²) in [6.45, 7) is 33.0. The third-order valence-electron chi connectivity index (χ3n) is 20.9. The number of aryl methyl sites for hydroxylation is 4. The summed E-state index contributed by atoms with van der Waals surface area (Å²) in [5.41, 5.74) is 38.1. The molecule has 3 heterocycles. The van der Waals surface area contributed by atoms with Crippen molar-refractivity contribution in [3.05, 3.63) is 262 Å². The maximum Gasteiger partial charge on any atom is 0.252 e. The van der Waals surface area contributed by atoms with Crippen LogP contribution in [0.3, 0.4) is 0 Å². The highest BCUT2D eigenvalue weighted by Gasteiger charge is 2.46. The lowest BCUT2D eigenvalue weighted by atomic mass is 9.33. The second kappa shape index (κ2) is 18.7. The average molecular weight is 1140 g/mol. The van der Waals surface area contributed by atoms with E-state index in [0.29, 0.717) is 0 Å². The van der Waals surface area contributed by atoms with Crippen LogP contribution in [0.4, 0.5) is 34.1 Å². The highest BCUT2D eigenvalue weighted by molar-refractivity contribution is 7.00. The van der Waals surface area contributed by atoms with Gasteiger partial charge in [0.25, 0.3) is 6.71 Å².